The van der Waals surface area contributed by atoms with E-state index in [2.05, 4.69) is 4.72 Å². The number of non-ortho nitro benzene ring substituents is 1. The maximum absolute atomic E-state index is 12.8. The highest BCUT2D eigenvalue weighted by Gasteiger charge is 2.17. The monoisotopic (exact) mass is 544 g/mol. The average Bonchev–Trinajstić information content (AvgIpc) is 2.91. The van der Waals surface area contributed by atoms with Gasteiger partial charge in [0.05, 0.1) is 55.6 Å². The summed E-state index contributed by atoms with van der Waals surface area (Å²) in [5, 5.41) is 11.7. The predicted molar refractivity (Wildman–Crippen MR) is 139 cm³/mol. The van der Waals surface area contributed by atoms with Crippen LogP contribution in [0.2, 0.25) is 0 Å². The Labute approximate surface area is 218 Å². The van der Waals surface area contributed by atoms with Crippen molar-refractivity contribution in [3.05, 3.63) is 81.2 Å². The summed E-state index contributed by atoms with van der Waals surface area (Å²) in [6.07, 6.45) is 1.30. The first-order valence-corrected chi connectivity index (χ1v) is 12.3. The molecule has 0 aliphatic heterocycles. The number of esters is 1. The molecule has 0 aliphatic rings. The predicted octanol–water partition coefficient (Wildman–Crippen LogP) is 4.26. The number of nitrogens with one attached hydrogen (secondary N) is 1. The van der Waals surface area contributed by atoms with Gasteiger partial charge in [-0.15, -0.1) is 0 Å². The summed E-state index contributed by atoms with van der Waals surface area (Å²) in [6, 6.07) is 12.1. The second kappa shape index (κ2) is 12.0. The van der Waals surface area contributed by atoms with E-state index >= 15 is 0 Å². The van der Waals surface area contributed by atoms with Crippen LogP contribution in [0.15, 0.2) is 60.0 Å². The maximum atomic E-state index is 12.8. The van der Waals surface area contributed by atoms with Gasteiger partial charge in [-0.2, -0.15) is 0 Å². The van der Waals surface area contributed by atoms with Crippen molar-refractivity contribution in [2.75, 3.05) is 33.2 Å². The van der Waals surface area contributed by atoms with Crippen LogP contribution < -0.4 is 28.4 Å². The Bertz CT molecular complexity index is 1440. The second-order valence-electron chi connectivity index (χ2n) is 7.45. The van der Waals surface area contributed by atoms with Crippen LogP contribution in [0.25, 0.3) is 6.08 Å². The summed E-state index contributed by atoms with van der Waals surface area (Å²) < 4.78 is 54.4. The zero-order valence-corrected chi connectivity index (χ0v) is 21.6. The number of hydrogen-bond acceptors (Lipinski definition) is 10. The highest BCUT2D eigenvalue weighted by Crippen LogP contribution is 2.35. The lowest BCUT2D eigenvalue weighted by Gasteiger charge is -2.13. The van der Waals surface area contributed by atoms with Crippen molar-refractivity contribution in [1.82, 2.24) is 0 Å². The summed E-state index contributed by atoms with van der Waals surface area (Å²) in [6.45, 7) is 0. The molecule has 0 fully saturated rings. The van der Waals surface area contributed by atoms with Gasteiger partial charge in [0.25, 0.3) is 15.7 Å². The van der Waals surface area contributed by atoms with Crippen LogP contribution in [0.5, 0.6) is 28.7 Å². The summed E-state index contributed by atoms with van der Waals surface area (Å²) in [5.41, 5.74) is 0.312. The molecule has 200 valence electrons. The first-order chi connectivity index (χ1) is 18.1. The Morgan fingerprint density at radius 1 is 0.842 bits per heavy atom. The largest absolute Gasteiger partial charge is 0.496 e. The molecule has 3 aromatic rings. The molecular formula is C25H24N2O10S. The van der Waals surface area contributed by atoms with Crippen molar-refractivity contribution >= 4 is 33.4 Å². The number of anilines is 1. The molecule has 1 N–H and O–H groups in total. The number of hydrogen-bond donors (Lipinski definition) is 1. The number of nitrogens with zero attached hydrogens (tertiary/aromatic N) is 1. The molecule has 0 saturated carbocycles. The topological polar surface area (TPSA) is 153 Å². The average molecular weight is 545 g/mol. The van der Waals surface area contributed by atoms with Crippen LogP contribution in [0.1, 0.15) is 15.9 Å². The lowest BCUT2D eigenvalue weighted by atomic mass is 10.1. The standard InChI is InChI=1S/C25H24N2O10S/c1-33-19-14-22(35-3)20(23(15-19)36-4)11-12-38(31,32)26-17-7-10-21(34-2)24(13-17)37-25(28)16-5-8-18(9-6-16)27(29)30/h5-15,26H,1-4H3. The van der Waals surface area contributed by atoms with Gasteiger partial charge in [0.15, 0.2) is 11.5 Å². The lowest BCUT2D eigenvalue weighted by molar-refractivity contribution is -0.384. The molecule has 0 atom stereocenters. The van der Waals surface area contributed by atoms with Gasteiger partial charge in [0, 0.05) is 30.3 Å². The third-order valence-corrected chi connectivity index (χ3v) is 6.12. The molecule has 0 heterocycles. The zero-order chi connectivity index (χ0) is 27.9. The fourth-order valence-electron chi connectivity index (χ4n) is 3.25. The van der Waals surface area contributed by atoms with Crippen LogP contribution in [0.3, 0.4) is 0 Å². The van der Waals surface area contributed by atoms with E-state index in [0.29, 0.717) is 22.8 Å². The van der Waals surface area contributed by atoms with Crippen LogP contribution in [0.4, 0.5) is 11.4 Å². The normalized spacial score (nSPS) is 11.1. The summed E-state index contributed by atoms with van der Waals surface area (Å²) in [5.74, 6) is 0.391. The molecule has 12 nitrogen and oxygen atoms in total. The van der Waals surface area contributed by atoms with Crippen LogP contribution in [-0.2, 0) is 10.0 Å². The van der Waals surface area contributed by atoms with Crippen LogP contribution >= 0.6 is 0 Å². The van der Waals surface area contributed by atoms with E-state index in [1.165, 1.54) is 64.8 Å². The van der Waals surface area contributed by atoms with E-state index in [4.69, 9.17) is 23.7 Å². The van der Waals surface area contributed by atoms with Crippen molar-refractivity contribution in [2.45, 2.75) is 0 Å². The van der Waals surface area contributed by atoms with Crippen molar-refractivity contribution in [1.29, 1.82) is 0 Å². The minimum Gasteiger partial charge on any atom is -0.496 e. The van der Waals surface area contributed by atoms with E-state index in [1.54, 1.807) is 12.1 Å². The summed E-state index contributed by atoms with van der Waals surface area (Å²) in [4.78, 5) is 22.8. The minimum absolute atomic E-state index is 0.0500. The fraction of sp³-hybridized carbons (Fsp3) is 0.160. The van der Waals surface area contributed by atoms with Crippen molar-refractivity contribution in [2.24, 2.45) is 0 Å². The smallest absolute Gasteiger partial charge is 0.343 e. The number of carbonyl (C=O) groups excluding carboxylic acids is 1. The van der Waals surface area contributed by atoms with Gasteiger partial charge in [-0.25, -0.2) is 13.2 Å². The number of nitro benzene ring substituents is 1. The Balaban J connectivity index is 1.84. The first-order valence-electron chi connectivity index (χ1n) is 10.8. The molecule has 3 rings (SSSR count). The van der Waals surface area contributed by atoms with E-state index in [9.17, 15) is 23.3 Å². The zero-order valence-electron chi connectivity index (χ0n) is 20.8. The van der Waals surface area contributed by atoms with E-state index in [0.717, 1.165) is 17.5 Å². The SMILES string of the molecule is COc1cc(OC)c(C=CS(=O)(=O)Nc2ccc(OC)c(OC(=O)c3ccc([N+](=O)[O-])cc3)c2)c(OC)c1. The second-order valence-corrected chi connectivity index (χ2v) is 9.02. The van der Waals surface area contributed by atoms with E-state index in [-0.39, 0.29) is 28.4 Å². The van der Waals surface area contributed by atoms with Gasteiger partial charge >= 0.3 is 5.97 Å². The number of benzene rings is 3. The molecule has 0 aliphatic carbocycles. The molecule has 0 unspecified atom stereocenters. The highest BCUT2D eigenvalue weighted by atomic mass is 32.2. The Morgan fingerprint density at radius 2 is 1.45 bits per heavy atom. The van der Waals surface area contributed by atoms with Gasteiger partial charge in [-0.1, -0.05) is 0 Å². The van der Waals surface area contributed by atoms with Gasteiger partial charge < -0.3 is 23.7 Å². The molecule has 38 heavy (non-hydrogen) atoms. The Hall–Kier alpha value is -4.78. The van der Waals surface area contributed by atoms with Gasteiger partial charge in [0.2, 0.25) is 0 Å². The molecule has 13 heteroatoms. The third kappa shape index (κ3) is 6.70. The summed E-state index contributed by atoms with van der Waals surface area (Å²) in [7, 11) is 1.63. The highest BCUT2D eigenvalue weighted by molar-refractivity contribution is 7.95. The number of sulfonamides is 1. The van der Waals surface area contributed by atoms with Crippen molar-refractivity contribution in [3.63, 3.8) is 0 Å². The number of ether oxygens (including phenoxy) is 5. The van der Waals surface area contributed by atoms with Crippen LogP contribution in [0, 0.1) is 10.1 Å². The van der Waals surface area contributed by atoms with Crippen molar-refractivity contribution < 1.29 is 41.8 Å². The molecule has 3 aromatic carbocycles. The molecule has 0 spiro atoms. The van der Waals surface area contributed by atoms with Gasteiger partial charge in [0.1, 0.15) is 17.2 Å². The van der Waals surface area contributed by atoms with Crippen molar-refractivity contribution in [3.8, 4) is 28.7 Å². The molecule has 0 aromatic heterocycles. The molecular weight excluding hydrogens is 520 g/mol. The fourth-order valence-corrected chi connectivity index (χ4v) is 4.09. The van der Waals surface area contributed by atoms with E-state index < -0.39 is 20.9 Å². The quantitative estimate of drug-likeness (QED) is 0.160. The summed E-state index contributed by atoms with van der Waals surface area (Å²) >= 11 is 0. The number of carbonyl (C=O) groups is 1. The van der Waals surface area contributed by atoms with Crippen LogP contribution in [-0.4, -0.2) is 47.7 Å². The number of methoxy groups -OCH3 is 4. The number of rotatable bonds is 11. The minimum atomic E-state index is -4.05. The van der Waals surface area contributed by atoms with Gasteiger partial charge in [-0.05, 0) is 30.3 Å². The van der Waals surface area contributed by atoms with Gasteiger partial charge in [-0.3, -0.25) is 14.8 Å². The molecule has 0 radical (unpaired) electrons. The third-order valence-electron chi connectivity index (χ3n) is 5.11. The lowest BCUT2D eigenvalue weighted by Crippen LogP contribution is -2.11. The Kier molecular flexibility index (Phi) is 8.76. The molecule has 0 saturated heterocycles. The molecule has 0 amide bonds. The number of nitro groups is 1. The Morgan fingerprint density at radius 3 is 1.97 bits per heavy atom. The van der Waals surface area contributed by atoms with E-state index in [1.807, 2.05) is 0 Å². The molecule has 0 bridgehead atoms. The maximum Gasteiger partial charge on any atom is 0.343 e. The first kappa shape index (κ1) is 27.8.